The maximum atomic E-state index is 11.6. The van der Waals surface area contributed by atoms with Crippen molar-refractivity contribution in [2.24, 2.45) is 52.3 Å². The Morgan fingerprint density at radius 1 is 0.906 bits per heavy atom. The Morgan fingerprint density at radius 3 is 2.28 bits per heavy atom. The molecule has 4 N–H and O–H groups in total. The minimum atomic E-state index is -1.18. The fourth-order valence-electron chi connectivity index (χ4n) is 9.34. The highest BCUT2D eigenvalue weighted by atomic mass is 16.3. The molecule has 0 heterocycles. The first kappa shape index (κ1) is 24.9. The molecule has 0 aromatic carbocycles. The Kier molecular flexibility index (Phi) is 6.87. The van der Waals surface area contributed by atoms with Crippen molar-refractivity contribution in [3.8, 4) is 0 Å². The van der Waals surface area contributed by atoms with Gasteiger partial charge in [0.05, 0.1) is 17.8 Å². The summed E-state index contributed by atoms with van der Waals surface area (Å²) < 4.78 is 0. The lowest BCUT2D eigenvalue weighted by Gasteiger charge is -2.65. The number of aliphatic hydroxyl groups excluding tert-OH is 3. The number of aliphatic hydroxyl groups is 4. The quantitative estimate of drug-likeness (QED) is 0.470. The summed E-state index contributed by atoms with van der Waals surface area (Å²) in [5.41, 5.74) is -1.53. The molecular formula is C28H50O4. The molecule has 0 saturated heterocycles. The van der Waals surface area contributed by atoms with Gasteiger partial charge in [0.25, 0.3) is 0 Å². The molecule has 4 heteroatoms. The first-order valence-electron chi connectivity index (χ1n) is 13.7. The van der Waals surface area contributed by atoms with E-state index in [1.165, 1.54) is 19.3 Å². The van der Waals surface area contributed by atoms with Gasteiger partial charge in [0.2, 0.25) is 0 Å². The second kappa shape index (κ2) is 8.81. The van der Waals surface area contributed by atoms with Crippen LogP contribution in [-0.4, -0.2) is 44.8 Å². The summed E-state index contributed by atoms with van der Waals surface area (Å²) in [4.78, 5) is 0. The highest BCUT2D eigenvalue weighted by molar-refractivity contribution is 5.17. The van der Waals surface area contributed by atoms with Gasteiger partial charge in [-0.2, -0.15) is 0 Å². The lowest BCUT2D eigenvalue weighted by Crippen LogP contribution is -2.69. The Balaban J connectivity index is 1.56. The molecule has 0 bridgehead atoms. The summed E-state index contributed by atoms with van der Waals surface area (Å²) in [6.07, 6.45) is 8.09. The van der Waals surface area contributed by atoms with Crippen molar-refractivity contribution in [3.63, 3.8) is 0 Å². The van der Waals surface area contributed by atoms with E-state index in [1.54, 1.807) is 0 Å². The van der Waals surface area contributed by atoms with E-state index < -0.39 is 17.8 Å². The first-order chi connectivity index (χ1) is 15.0. The first-order valence-corrected chi connectivity index (χ1v) is 13.7. The zero-order valence-corrected chi connectivity index (χ0v) is 21.3. The van der Waals surface area contributed by atoms with Crippen LogP contribution in [0.2, 0.25) is 0 Å². The molecule has 4 unspecified atom stereocenters. The van der Waals surface area contributed by atoms with Crippen molar-refractivity contribution in [1.29, 1.82) is 0 Å². The molecular weight excluding hydrogens is 400 g/mol. The summed E-state index contributed by atoms with van der Waals surface area (Å²) in [5.74, 6) is 3.85. The normalized spacial score (nSPS) is 50.4. The Hall–Kier alpha value is -0.160. The van der Waals surface area contributed by atoms with Gasteiger partial charge in [-0.25, -0.2) is 0 Å². The zero-order chi connectivity index (χ0) is 23.5. The molecule has 0 aromatic rings. The van der Waals surface area contributed by atoms with Gasteiger partial charge >= 0.3 is 0 Å². The van der Waals surface area contributed by atoms with Crippen LogP contribution in [-0.2, 0) is 0 Å². The van der Waals surface area contributed by atoms with Gasteiger partial charge in [-0.3, -0.25) is 0 Å². The van der Waals surface area contributed by atoms with Crippen LogP contribution < -0.4 is 0 Å². The fraction of sp³-hybridized carbons (Fsp3) is 1.00. The maximum absolute atomic E-state index is 11.6. The van der Waals surface area contributed by atoms with Crippen LogP contribution in [0.3, 0.4) is 0 Å². The molecule has 4 saturated carbocycles. The predicted molar refractivity (Wildman–Crippen MR) is 128 cm³/mol. The third-order valence-corrected chi connectivity index (χ3v) is 11.8. The largest absolute Gasteiger partial charge is 0.396 e. The van der Waals surface area contributed by atoms with Crippen molar-refractivity contribution in [2.75, 3.05) is 6.61 Å². The predicted octanol–water partition coefficient (Wildman–Crippen LogP) is 4.77. The summed E-state index contributed by atoms with van der Waals surface area (Å²) in [6, 6.07) is 0. The summed E-state index contributed by atoms with van der Waals surface area (Å²) in [6.45, 7) is 11.9. The van der Waals surface area contributed by atoms with Crippen LogP contribution in [0.4, 0.5) is 0 Å². The highest BCUT2D eigenvalue weighted by Crippen LogP contribution is 2.69. The average Bonchev–Trinajstić information content (AvgIpc) is 3.14. The van der Waals surface area contributed by atoms with Crippen molar-refractivity contribution >= 4 is 0 Å². The molecule has 0 radical (unpaired) electrons. The number of hydrogen-bond donors (Lipinski definition) is 4. The molecule has 0 aliphatic heterocycles. The van der Waals surface area contributed by atoms with Crippen molar-refractivity contribution < 1.29 is 20.4 Å². The summed E-state index contributed by atoms with van der Waals surface area (Å²) in [5, 5.41) is 44.0. The zero-order valence-electron chi connectivity index (χ0n) is 21.3. The standard InChI is InChI=1S/C28H50O4/c1-17(2)18(3)6-7-19(4)22-8-9-24-21-14-25(31)28(32)15-20(30)10-12-26(28,5)23(21)11-13-27(22,24)16-29/h17-25,29-32H,6-16H2,1-5H3/t18-,19+,20-,21?,22?,23?,24?,25+,26+,27-,28-/m0/s1. The Bertz CT molecular complexity index is 666. The second-order valence-corrected chi connectivity index (χ2v) is 13.3. The van der Waals surface area contributed by atoms with Crippen molar-refractivity contribution in [3.05, 3.63) is 0 Å². The lowest BCUT2D eigenvalue weighted by atomic mass is 9.42. The monoisotopic (exact) mass is 450 g/mol. The fourth-order valence-corrected chi connectivity index (χ4v) is 9.34. The Morgan fingerprint density at radius 2 is 1.62 bits per heavy atom. The topological polar surface area (TPSA) is 80.9 Å². The van der Waals surface area contributed by atoms with Gasteiger partial charge in [-0.15, -0.1) is 0 Å². The Labute approximate surface area is 196 Å². The highest BCUT2D eigenvalue weighted by Gasteiger charge is 2.68. The van der Waals surface area contributed by atoms with E-state index in [2.05, 4.69) is 34.6 Å². The van der Waals surface area contributed by atoms with Gasteiger partial charge in [0, 0.05) is 18.4 Å². The molecule has 4 rings (SSSR count). The minimum Gasteiger partial charge on any atom is -0.396 e. The number of hydrogen-bond acceptors (Lipinski definition) is 4. The van der Waals surface area contributed by atoms with Gasteiger partial charge in [0.15, 0.2) is 0 Å². The summed E-state index contributed by atoms with van der Waals surface area (Å²) in [7, 11) is 0. The van der Waals surface area contributed by atoms with E-state index >= 15 is 0 Å². The SMILES string of the molecule is CC(C)[C@@H](C)CC[C@@H](C)C1CCC2C3C[C@@H](O)[C@@]4(O)C[C@@H](O)CC[C@]4(C)C3CC[C@@]21CO. The molecule has 4 aliphatic carbocycles. The molecule has 11 atom stereocenters. The van der Waals surface area contributed by atoms with Crippen LogP contribution in [0.15, 0.2) is 0 Å². The van der Waals surface area contributed by atoms with Crippen molar-refractivity contribution in [1.82, 2.24) is 0 Å². The summed E-state index contributed by atoms with van der Waals surface area (Å²) >= 11 is 0. The van der Waals surface area contributed by atoms with Crippen LogP contribution in [0, 0.1) is 52.3 Å². The molecule has 4 aliphatic rings. The van der Waals surface area contributed by atoms with E-state index in [0.29, 0.717) is 42.4 Å². The van der Waals surface area contributed by atoms with E-state index in [0.717, 1.165) is 43.9 Å². The van der Waals surface area contributed by atoms with Crippen LogP contribution in [0.1, 0.15) is 98.8 Å². The second-order valence-electron chi connectivity index (χ2n) is 13.3. The van der Waals surface area contributed by atoms with E-state index in [1.807, 2.05) is 0 Å². The molecule has 4 nitrogen and oxygen atoms in total. The number of rotatable bonds is 6. The van der Waals surface area contributed by atoms with E-state index in [-0.39, 0.29) is 17.4 Å². The lowest BCUT2D eigenvalue weighted by molar-refractivity contribution is -0.267. The third-order valence-electron chi connectivity index (χ3n) is 11.8. The molecule has 32 heavy (non-hydrogen) atoms. The third kappa shape index (κ3) is 3.62. The molecule has 186 valence electrons. The van der Waals surface area contributed by atoms with Gasteiger partial charge in [-0.1, -0.05) is 47.5 Å². The van der Waals surface area contributed by atoms with Crippen LogP contribution in [0.5, 0.6) is 0 Å². The molecule has 0 spiro atoms. The van der Waals surface area contributed by atoms with Gasteiger partial charge in [-0.05, 0) is 91.8 Å². The van der Waals surface area contributed by atoms with E-state index in [4.69, 9.17) is 0 Å². The smallest absolute Gasteiger partial charge is 0.0985 e. The number of fused-ring (bicyclic) bond motifs is 5. The van der Waals surface area contributed by atoms with E-state index in [9.17, 15) is 20.4 Å². The van der Waals surface area contributed by atoms with Gasteiger partial charge in [0.1, 0.15) is 0 Å². The van der Waals surface area contributed by atoms with Crippen LogP contribution >= 0.6 is 0 Å². The van der Waals surface area contributed by atoms with Gasteiger partial charge < -0.3 is 20.4 Å². The molecule has 0 aromatic heterocycles. The molecule has 4 fully saturated rings. The maximum Gasteiger partial charge on any atom is 0.0985 e. The molecule has 0 amide bonds. The van der Waals surface area contributed by atoms with Crippen LogP contribution in [0.25, 0.3) is 0 Å². The minimum absolute atomic E-state index is 0.0125. The van der Waals surface area contributed by atoms with Crippen molar-refractivity contribution in [2.45, 2.75) is 117 Å². The average molecular weight is 451 g/mol.